The Morgan fingerprint density at radius 3 is 2.46 bits per heavy atom. The summed E-state index contributed by atoms with van der Waals surface area (Å²) in [6, 6.07) is 26.9. The highest BCUT2D eigenvalue weighted by Crippen LogP contribution is 2.31. The Kier molecular flexibility index (Phi) is 5.58. The molecule has 2 heterocycles. The number of nitrogens with one attached hydrogen (secondary N) is 1. The number of aromatic nitrogens is 1. The van der Waals surface area contributed by atoms with Crippen molar-refractivity contribution in [1.29, 1.82) is 0 Å². The summed E-state index contributed by atoms with van der Waals surface area (Å²) in [4.78, 5) is 29.9. The van der Waals surface area contributed by atoms with Gasteiger partial charge in [0.15, 0.2) is 5.58 Å². The number of carbonyl (C=O) groups excluding carboxylic acids is 1. The maximum atomic E-state index is 12.9. The fraction of sp³-hybridized carbons (Fsp3) is 0.0333. The number of hydrogen-bond donors (Lipinski definition) is 1. The van der Waals surface area contributed by atoms with Gasteiger partial charge >= 0.3 is 5.63 Å². The van der Waals surface area contributed by atoms with Crippen molar-refractivity contribution in [1.82, 2.24) is 4.98 Å². The summed E-state index contributed by atoms with van der Waals surface area (Å²) >= 11 is 6.36. The number of hydrogen-bond acceptors (Lipinski definition) is 5. The minimum Gasteiger partial charge on any atom is -0.436 e. The van der Waals surface area contributed by atoms with Crippen LogP contribution >= 0.6 is 11.6 Å². The van der Waals surface area contributed by atoms with Gasteiger partial charge in [-0.2, -0.15) is 0 Å². The zero-order valence-corrected chi connectivity index (χ0v) is 20.4. The number of fused-ring (bicyclic) bond motifs is 2. The van der Waals surface area contributed by atoms with Crippen molar-refractivity contribution >= 4 is 45.3 Å². The predicted octanol–water partition coefficient (Wildman–Crippen LogP) is 7.48. The van der Waals surface area contributed by atoms with Gasteiger partial charge in [0.1, 0.15) is 11.1 Å². The van der Waals surface area contributed by atoms with Gasteiger partial charge in [-0.25, -0.2) is 9.78 Å². The first-order valence-corrected chi connectivity index (χ1v) is 11.9. The largest absolute Gasteiger partial charge is 0.436 e. The Labute approximate surface area is 216 Å². The molecular weight excluding hydrogens is 488 g/mol. The number of aryl methyl sites for hydroxylation is 1. The van der Waals surface area contributed by atoms with Gasteiger partial charge in [0, 0.05) is 16.6 Å². The number of anilines is 1. The number of carbonyl (C=O) groups is 1. The van der Waals surface area contributed by atoms with Gasteiger partial charge in [-0.3, -0.25) is 4.79 Å². The predicted molar refractivity (Wildman–Crippen MR) is 145 cm³/mol. The molecule has 0 aliphatic rings. The lowest BCUT2D eigenvalue weighted by Crippen LogP contribution is -2.11. The van der Waals surface area contributed by atoms with Crippen molar-refractivity contribution in [2.24, 2.45) is 0 Å². The Morgan fingerprint density at radius 1 is 0.838 bits per heavy atom. The van der Waals surface area contributed by atoms with E-state index in [1.807, 2.05) is 43.3 Å². The number of halogens is 1. The van der Waals surface area contributed by atoms with Gasteiger partial charge in [-0.1, -0.05) is 48.0 Å². The van der Waals surface area contributed by atoms with Crippen molar-refractivity contribution < 1.29 is 13.6 Å². The first kappa shape index (κ1) is 22.8. The monoisotopic (exact) mass is 506 g/mol. The standard InChI is InChI=1S/C30H19ClN2O4/c1-17-6-12-22(24(31)14-17)29-33-25-16-21(11-13-27(25)36-29)32-28(34)19-9-7-18(8-10-19)23-15-20-4-2-3-5-26(20)37-30(23)35/h2-16H,1H3,(H,32,34). The maximum absolute atomic E-state index is 12.9. The minimum atomic E-state index is -0.428. The van der Waals surface area contributed by atoms with Crippen LogP contribution in [0, 0.1) is 6.92 Å². The number of para-hydroxylation sites is 1. The van der Waals surface area contributed by atoms with E-state index in [2.05, 4.69) is 10.3 Å². The Balaban J connectivity index is 1.23. The number of nitrogens with zero attached hydrogens (tertiary/aromatic N) is 1. The van der Waals surface area contributed by atoms with Crippen LogP contribution in [0.15, 0.2) is 105 Å². The van der Waals surface area contributed by atoms with Gasteiger partial charge in [0.2, 0.25) is 5.89 Å². The molecule has 6 aromatic rings. The van der Waals surface area contributed by atoms with E-state index in [0.717, 1.165) is 10.9 Å². The number of oxazole rings is 1. The fourth-order valence-corrected chi connectivity index (χ4v) is 4.50. The molecular formula is C30H19ClN2O4. The lowest BCUT2D eigenvalue weighted by atomic mass is 10.0. The van der Waals surface area contributed by atoms with Crippen LogP contribution in [-0.4, -0.2) is 10.9 Å². The molecule has 0 bridgehead atoms. The van der Waals surface area contributed by atoms with Gasteiger partial charge in [-0.15, -0.1) is 0 Å². The highest BCUT2D eigenvalue weighted by atomic mass is 35.5. The van der Waals surface area contributed by atoms with Crippen molar-refractivity contribution in [3.63, 3.8) is 0 Å². The molecule has 6 nitrogen and oxygen atoms in total. The molecule has 0 unspecified atom stereocenters. The van der Waals surface area contributed by atoms with Crippen LogP contribution in [0.2, 0.25) is 5.02 Å². The quantitative estimate of drug-likeness (QED) is 0.250. The van der Waals surface area contributed by atoms with E-state index < -0.39 is 5.63 Å². The molecule has 0 radical (unpaired) electrons. The highest BCUT2D eigenvalue weighted by molar-refractivity contribution is 6.33. The van der Waals surface area contributed by atoms with Crippen LogP contribution in [0.4, 0.5) is 5.69 Å². The third kappa shape index (κ3) is 4.39. The van der Waals surface area contributed by atoms with Crippen molar-refractivity contribution in [3.8, 4) is 22.6 Å². The van der Waals surface area contributed by atoms with E-state index in [1.54, 1.807) is 54.6 Å². The average Bonchev–Trinajstić information content (AvgIpc) is 3.31. The highest BCUT2D eigenvalue weighted by Gasteiger charge is 2.14. The molecule has 0 aliphatic heterocycles. The molecule has 1 N–H and O–H groups in total. The smallest absolute Gasteiger partial charge is 0.344 e. The molecule has 0 atom stereocenters. The Hall–Kier alpha value is -4.68. The minimum absolute atomic E-state index is 0.290. The van der Waals surface area contributed by atoms with Crippen LogP contribution in [0.25, 0.3) is 44.7 Å². The summed E-state index contributed by atoms with van der Waals surface area (Å²) in [5.74, 6) is 0.124. The molecule has 7 heteroatoms. The van der Waals surface area contributed by atoms with E-state index in [1.165, 1.54) is 0 Å². The second-order valence-corrected chi connectivity index (χ2v) is 9.11. The first-order valence-electron chi connectivity index (χ1n) is 11.6. The van der Waals surface area contributed by atoms with Gasteiger partial charge in [-0.05, 0) is 72.6 Å². The van der Waals surface area contributed by atoms with E-state index in [-0.39, 0.29) is 5.91 Å². The normalized spacial score (nSPS) is 11.2. The maximum Gasteiger partial charge on any atom is 0.344 e. The van der Waals surface area contributed by atoms with E-state index in [9.17, 15) is 9.59 Å². The molecule has 6 rings (SSSR count). The third-order valence-corrected chi connectivity index (χ3v) is 6.41. The van der Waals surface area contributed by atoms with Crippen molar-refractivity contribution in [2.75, 3.05) is 5.32 Å². The van der Waals surface area contributed by atoms with Gasteiger partial charge in [0.25, 0.3) is 5.91 Å². The fourth-order valence-electron chi connectivity index (χ4n) is 4.18. The van der Waals surface area contributed by atoms with Crippen LogP contribution in [0.3, 0.4) is 0 Å². The molecule has 4 aromatic carbocycles. The SMILES string of the molecule is Cc1ccc(-c2nc3cc(NC(=O)c4ccc(-c5cc6ccccc6oc5=O)cc4)ccc3o2)c(Cl)c1. The van der Waals surface area contributed by atoms with E-state index in [4.69, 9.17) is 20.4 Å². The summed E-state index contributed by atoms with van der Waals surface area (Å²) in [6.45, 7) is 1.96. The van der Waals surface area contributed by atoms with Crippen molar-refractivity contribution in [3.05, 3.63) is 118 Å². The summed E-state index contributed by atoms with van der Waals surface area (Å²) < 4.78 is 11.3. The molecule has 180 valence electrons. The first-order chi connectivity index (χ1) is 17.9. The molecule has 0 aliphatic carbocycles. The summed E-state index contributed by atoms with van der Waals surface area (Å²) in [5.41, 5.74) is 5.17. The van der Waals surface area contributed by atoms with Crippen LogP contribution in [0.1, 0.15) is 15.9 Å². The Morgan fingerprint density at radius 2 is 1.65 bits per heavy atom. The molecule has 1 amide bonds. The summed E-state index contributed by atoms with van der Waals surface area (Å²) in [7, 11) is 0. The van der Waals surface area contributed by atoms with Crippen LogP contribution < -0.4 is 10.9 Å². The molecule has 37 heavy (non-hydrogen) atoms. The molecule has 0 spiro atoms. The number of benzene rings is 4. The average molecular weight is 507 g/mol. The summed E-state index contributed by atoms with van der Waals surface area (Å²) in [5, 5.41) is 4.27. The van der Waals surface area contributed by atoms with Gasteiger partial charge in [0.05, 0.1) is 16.1 Å². The second-order valence-electron chi connectivity index (χ2n) is 8.70. The van der Waals surface area contributed by atoms with E-state index in [0.29, 0.717) is 55.5 Å². The van der Waals surface area contributed by atoms with E-state index >= 15 is 0 Å². The lowest BCUT2D eigenvalue weighted by Gasteiger charge is -2.07. The number of amides is 1. The zero-order chi connectivity index (χ0) is 25.5. The molecule has 0 saturated heterocycles. The second kappa shape index (κ2) is 9.08. The molecule has 0 fully saturated rings. The third-order valence-electron chi connectivity index (χ3n) is 6.10. The van der Waals surface area contributed by atoms with Crippen LogP contribution in [0.5, 0.6) is 0 Å². The zero-order valence-electron chi connectivity index (χ0n) is 19.6. The Bertz CT molecular complexity index is 1870. The summed E-state index contributed by atoms with van der Waals surface area (Å²) in [6.07, 6.45) is 0. The lowest BCUT2D eigenvalue weighted by molar-refractivity contribution is 0.102. The van der Waals surface area contributed by atoms with Gasteiger partial charge < -0.3 is 14.2 Å². The topological polar surface area (TPSA) is 85.3 Å². The van der Waals surface area contributed by atoms with Crippen LogP contribution in [-0.2, 0) is 0 Å². The molecule has 0 saturated carbocycles. The molecule has 2 aromatic heterocycles. The number of rotatable bonds is 4. The van der Waals surface area contributed by atoms with Crippen molar-refractivity contribution in [2.45, 2.75) is 6.92 Å².